The Morgan fingerprint density at radius 2 is 2.00 bits per heavy atom. The lowest BCUT2D eigenvalue weighted by Gasteiger charge is -2.06. The molecule has 6 nitrogen and oxygen atoms in total. The summed E-state index contributed by atoms with van der Waals surface area (Å²) < 4.78 is 8.63. The lowest BCUT2D eigenvalue weighted by Crippen LogP contribution is -2.27. The van der Waals surface area contributed by atoms with Crippen molar-refractivity contribution in [2.45, 2.75) is 13.3 Å². The van der Waals surface area contributed by atoms with Crippen LogP contribution in [0.15, 0.2) is 58.0 Å². The van der Waals surface area contributed by atoms with Crippen LogP contribution in [0.4, 0.5) is 0 Å². The summed E-state index contributed by atoms with van der Waals surface area (Å²) >= 11 is 0. The number of aromatic nitrogens is 2. The molecule has 0 spiro atoms. The number of allylic oxidation sites excluding steroid dienone is 3. The third kappa shape index (κ3) is 3.65. The molecule has 0 aliphatic rings. The predicted octanol–water partition coefficient (Wildman–Crippen LogP) is 2.08. The molecule has 1 N–H and O–H groups in total. The second-order valence-corrected chi connectivity index (χ2v) is 5.17. The van der Waals surface area contributed by atoms with Gasteiger partial charge in [-0.3, -0.25) is 9.56 Å². The monoisotopic (exact) mass is 329 g/mol. The first-order valence-corrected chi connectivity index (χ1v) is 7.89. The molecule has 0 bridgehead atoms. The van der Waals surface area contributed by atoms with Gasteiger partial charge in [0.15, 0.2) is 0 Å². The highest BCUT2D eigenvalue weighted by atomic mass is 16.5. The van der Waals surface area contributed by atoms with E-state index in [0.29, 0.717) is 11.6 Å². The molecule has 24 heavy (non-hydrogen) atoms. The Kier molecular flexibility index (Phi) is 6.14. The maximum atomic E-state index is 12.6. The van der Waals surface area contributed by atoms with Crippen molar-refractivity contribution < 1.29 is 9.84 Å². The molecule has 128 valence electrons. The van der Waals surface area contributed by atoms with E-state index < -0.39 is 0 Å². The number of hydrogen-bond acceptors (Lipinski definition) is 4. The molecule has 0 atom stereocenters. The summed E-state index contributed by atoms with van der Waals surface area (Å²) in [4.78, 5) is 16.8. The van der Waals surface area contributed by atoms with E-state index in [2.05, 4.69) is 4.99 Å². The van der Waals surface area contributed by atoms with Crippen molar-refractivity contribution in [1.29, 1.82) is 0 Å². The molecule has 0 radical (unpaired) electrons. The summed E-state index contributed by atoms with van der Waals surface area (Å²) in [7, 11) is 3.39. The van der Waals surface area contributed by atoms with Gasteiger partial charge in [-0.2, -0.15) is 0 Å². The number of ether oxygens (including phenoxy) is 1. The smallest absolute Gasteiger partial charge is 0.334 e. The van der Waals surface area contributed by atoms with Gasteiger partial charge in [0.05, 0.1) is 17.6 Å². The molecule has 0 saturated carbocycles. The summed E-state index contributed by atoms with van der Waals surface area (Å²) in [6, 6.07) is 7.58. The van der Waals surface area contributed by atoms with Gasteiger partial charge >= 0.3 is 5.69 Å². The summed E-state index contributed by atoms with van der Waals surface area (Å²) in [5.74, 6) is 1.16. The predicted molar refractivity (Wildman–Crippen MR) is 96.5 cm³/mol. The number of hydrogen-bond donors (Lipinski definition) is 1. The quantitative estimate of drug-likeness (QED) is 0.382. The van der Waals surface area contributed by atoms with Gasteiger partial charge in [-0.25, -0.2) is 9.36 Å². The Hall–Kier alpha value is -2.60. The third-order valence-electron chi connectivity index (χ3n) is 3.58. The van der Waals surface area contributed by atoms with Gasteiger partial charge in [-0.1, -0.05) is 19.1 Å². The summed E-state index contributed by atoms with van der Waals surface area (Å²) in [5.41, 5.74) is 1.49. The van der Waals surface area contributed by atoms with Crippen LogP contribution in [-0.2, 0) is 11.8 Å². The SMILES string of the molecule is CC\C=C(/C=C\C(=N/C)n1c(=O)n(C)c2ccccc21)OCCO. The van der Waals surface area contributed by atoms with Crippen molar-refractivity contribution >= 4 is 16.9 Å². The van der Waals surface area contributed by atoms with Gasteiger partial charge in [0.2, 0.25) is 0 Å². The number of aliphatic imine (C=N–C) groups is 1. The van der Waals surface area contributed by atoms with Gasteiger partial charge in [0.25, 0.3) is 0 Å². The highest BCUT2D eigenvalue weighted by Crippen LogP contribution is 2.12. The zero-order chi connectivity index (χ0) is 17.5. The molecule has 1 heterocycles. The lowest BCUT2D eigenvalue weighted by atomic mass is 10.3. The molecule has 0 amide bonds. The largest absolute Gasteiger partial charge is 0.492 e. The Bertz CT molecular complexity index is 841. The number of para-hydroxylation sites is 2. The average molecular weight is 329 g/mol. The van der Waals surface area contributed by atoms with Crippen molar-refractivity contribution in [3.05, 3.63) is 58.7 Å². The molecule has 0 unspecified atom stereocenters. The Morgan fingerprint density at radius 1 is 1.29 bits per heavy atom. The molecule has 6 heteroatoms. The van der Waals surface area contributed by atoms with Gasteiger partial charge in [0, 0.05) is 14.1 Å². The van der Waals surface area contributed by atoms with E-state index >= 15 is 0 Å². The van der Waals surface area contributed by atoms with Gasteiger partial charge in [0.1, 0.15) is 18.2 Å². The van der Waals surface area contributed by atoms with Crippen LogP contribution in [0.3, 0.4) is 0 Å². The van der Waals surface area contributed by atoms with Gasteiger partial charge in [-0.05, 0) is 36.8 Å². The topological polar surface area (TPSA) is 68.8 Å². The zero-order valence-electron chi connectivity index (χ0n) is 14.3. The fourth-order valence-electron chi connectivity index (χ4n) is 2.46. The van der Waals surface area contributed by atoms with Gasteiger partial charge in [-0.15, -0.1) is 0 Å². The van der Waals surface area contributed by atoms with Crippen LogP contribution in [0.25, 0.3) is 11.0 Å². The number of aliphatic hydroxyl groups is 1. The van der Waals surface area contributed by atoms with E-state index in [4.69, 9.17) is 9.84 Å². The van der Waals surface area contributed by atoms with Crippen LogP contribution in [0, 0.1) is 0 Å². The number of rotatable bonds is 6. The van der Waals surface area contributed by atoms with Crippen LogP contribution in [0.1, 0.15) is 13.3 Å². The Labute approximate surface area is 141 Å². The number of nitrogens with zero attached hydrogens (tertiary/aromatic N) is 3. The van der Waals surface area contributed by atoms with E-state index in [1.54, 1.807) is 35.4 Å². The summed E-state index contributed by atoms with van der Waals surface area (Å²) in [6.45, 7) is 2.18. The molecular weight excluding hydrogens is 306 g/mol. The summed E-state index contributed by atoms with van der Waals surface area (Å²) in [6.07, 6.45) is 6.21. The van der Waals surface area contributed by atoms with Crippen LogP contribution < -0.4 is 5.69 Å². The fraction of sp³-hybridized carbons (Fsp3) is 0.333. The number of fused-ring (bicyclic) bond motifs is 1. The second kappa shape index (κ2) is 8.31. The first-order valence-electron chi connectivity index (χ1n) is 7.89. The van der Waals surface area contributed by atoms with Crippen molar-refractivity contribution in [2.24, 2.45) is 12.0 Å². The maximum Gasteiger partial charge on any atom is 0.334 e. The molecule has 1 aromatic heterocycles. The van der Waals surface area contributed by atoms with E-state index in [-0.39, 0.29) is 18.9 Å². The average Bonchev–Trinajstić information content (AvgIpc) is 2.85. The molecule has 0 aliphatic heterocycles. The molecule has 0 saturated heterocycles. The van der Waals surface area contributed by atoms with Crippen molar-refractivity contribution in [3.8, 4) is 0 Å². The minimum atomic E-state index is -0.154. The molecular formula is C18H23N3O3. The standard InChI is InChI=1S/C18H23N3O3/c1-4-7-14(24-13-12-22)10-11-17(19-2)21-16-9-6-5-8-15(16)20(3)18(21)23/h5-11,22H,4,12-13H2,1-3H3/b11-10-,14-7+,19-17+. The highest BCUT2D eigenvalue weighted by Gasteiger charge is 2.12. The second-order valence-electron chi connectivity index (χ2n) is 5.17. The van der Waals surface area contributed by atoms with Crippen LogP contribution in [-0.4, -0.2) is 40.3 Å². The molecule has 0 aliphatic carbocycles. The highest BCUT2D eigenvalue weighted by molar-refractivity contribution is 6.00. The minimum absolute atomic E-state index is 0.0492. The number of aryl methyl sites for hydroxylation is 1. The first-order chi connectivity index (χ1) is 11.6. The van der Waals surface area contributed by atoms with Crippen molar-refractivity contribution in [2.75, 3.05) is 20.3 Å². The fourth-order valence-corrected chi connectivity index (χ4v) is 2.46. The normalized spacial score (nSPS) is 13.2. The van der Waals surface area contributed by atoms with Crippen LogP contribution in [0.2, 0.25) is 0 Å². The van der Waals surface area contributed by atoms with Gasteiger partial charge < -0.3 is 9.84 Å². The van der Waals surface area contributed by atoms with E-state index in [9.17, 15) is 4.79 Å². The molecule has 2 rings (SSSR count). The first kappa shape index (κ1) is 17.7. The molecule has 2 aromatic rings. The lowest BCUT2D eigenvalue weighted by molar-refractivity contribution is 0.151. The van der Waals surface area contributed by atoms with Crippen molar-refractivity contribution in [1.82, 2.24) is 9.13 Å². The van der Waals surface area contributed by atoms with E-state index in [1.807, 2.05) is 37.3 Å². The summed E-state index contributed by atoms with van der Waals surface area (Å²) in [5, 5.41) is 8.89. The number of aliphatic hydroxyl groups excluding tert-OH is 1. The van der Waals surface area contributed by atoms with E-state index in [1.165, 1.54) is 0 Å². The van der Waals surface area contributed by atoms with Crippen LogP contribution in [0.5, 0.6) is 0 Å². The Morgan fingerprint density at radius 3 is 2.62 bits per heavy atom. The third-order valence-corrected chi connectivity index (χ3v) is 3.58. The van der Waals surface area contributed by atoms with Crippen molar-refractivity contribution in [3.63, 3.8) is 0 Å². The minimum Gasteiger partial charge on any atom is -0.492 e. The Balaban J connectivity index is 2.43. The van der Waals surface area contributed by atoms with Crippen LogP contribution >= 0.6 is 0 Å². The number of benzene rings is 1. The molecule has 0 fully saturated rings. The number of imidazole rings is 1. The maximum absolute atomic E-state index is 12.6. The zero-order valence-corrected chi connectivity index (χ0v) is 14.3. The molecule has 1 aromatic carbocycles. The van der Waals surface area contributed by atoms with E-state index in [0.717, 1.165) is 17.5 Å².